The molecular formula is C18H21ClN2. The summed E-state index contributed by atoms with van der Waals surface area (Å²) in [5.74, 6) is 0. The number of aromatic nitrogens is 1. The Balaban J connectivity index is 0.00000161. The molecule has 1 heterocycles. The zero-order valence-corrected chi connectivity index (χ0v) is 13.1. The molecule has 3 rings (SSSR count). The third-order valence-electron chi connectivity index (χ3n) is 3.94. The number of nitrogens with two attached hydrogens (primary N) is 1. The number of hydrogen-bond donors (Lipinski definition) is 1. The monoisotopic (exact) mass is 300 g/mol. The molecule has 0 radical (unpaired) electrons. The van der Waals surface area contributed by atoms with Crippen LogP contribution in [0, 0.1) is 6.92 Å². The Kier molecular flexibility index (Phi) is 5.05. The molecule has 0 fully saturated rings. The van der Waals surface area contributed by atoms with Crippen molar-refractivity contribution in [3.8, 4) is 0 Å². The van der Waals surface area contributed by atoms with Gasteiger partial charge >= 0.3 is 0 Å². The number of fused-ring (bicyclic) bond motifs is 1. The van der Waals surface area contributed by atoms with Crippen LogP contribution in [0.4, 0.5) is 0 Å². The molecule has 0 unspecified atom stereocenters. The van der Waals surface area contributed by atoms with E-state index in [4.69, 9.17) is 5.73 Å². The second kappa shape index (κ2) is 6.79. The fourth-order valence-electron chi connectivity index (χ4n) is 2.93. The van der Waals surface area contributed by atoms with Crippen LogP contribution in [0.3, 0.4) is 0 Å². The van der Waals surface area contributed by atoms with Crippen LogP contribution in [0.2, 0.25) is 0 Å². The quantitative estimate of drug-likeness (QED) is 0.778. The van der Waals surface area contributed by atoms with Gasteiger partial charge in [0.05, 0.1) is 0 Å². The highest BCUT2D eigenvalue weighted by atomic mass is 35.5. The first-order chi connectivity index (χ1) is 9.81. The fourth-order valence-corrected chi connectivity index (χ4v) is 2.93. The van der Waals surface area contributed by atoms with E-state index in [1.54, 1.807) is 0 Å². The van der Waals surface area contributed by atoms with Crippen molar-refractivity contribution in [2.75, 3.05) is 6.54 Å². The summed E-state index contributed by atoms with van der Waals surface area (Å²) in [6.07, 6.45) is 0.939. The van der Waals surface area contributed by atoms with E-state index >= 15 is 0 Å². The predicted octanol–water partition coefficient (Wildman–Crippen LogP) is 3.92. The summed E-state index contributed by atoms with van der Waals surface area (Å²) in [6.45, 7) is 3.81. The predicted molar refractivity (Wildman–Crippen MR) is 92.2 cm³/mol. The average Bonchev–Trinajstić information content (AvgIpc) is 2.75. The van der Waals surface area contributed by atoms with Crippen molar-refractivity contribution >= 4 is 23.3 Å². The summed E-state index contributed by atoms with van der Waals surface area (Å²) >= 11 is 0. The van der Waals surface area contributed by atoms with Gasteiger partial charge in [-0.2, -0.15) is 0 Å². The summed E-state index contributed by atoms with van der Waals surface area (Å²) in [5.41, 5.74) is 11.1. The van der Waals surface area contributed by atoms with Gasteiger partial charge in [0, 0.05) is 23.1 Å². The lowest BCUT2D eigenvalue weighted by Crippen LogP contribution is -2.05. The van der Waals surface area contributed by atoms with E-state index in [9.17, 15) is 0 Å². The molecule has 0 aliphatic heterocycles. The summed E-state index contributed by atoms with van der Waals surface area (Å²) in [5, 5.41) is 1.34. The Bertz CT molecular complexity index is 717. The SMILES string of the molecule is Cc1c(CCN)c2ccccc2n1Cc1ccccc1.Cl. The van der Waals surface area contributed by atoms with Gasteiger partial charge in [-0.25, -0.2) is 0 Å². The third kappa shape index (κ3) is 2.97. The van der Waals surface area contributed by atoms with Gasteiger partial charge in [0.15, 0.2) is 0 Å². The van der Waals surface area contributed by atoms with Crippen LogP contribution in [0.5, 0.6) is 0 Å². The Morgan fingerprint density at radius 2 is 1.62 bits per heavy atom. The van der Waals surface area contributed by atoms with E-state index in [-0.39, 0.29) is 12.4 Å². The molecule has 3 heteroatoms. The number of nitrogens with zero attached hydrogens (tertiary/aromatic N) is 1. The van der Waals surface area contributed by atoms with Gasteiger partial charge in [-0.15, -0.1) is 12.4 Å². The fraction of sp³-hybridized carbons (Fsp3) is 0.222. The Morgan fingerprint density at radius 3 is 2.33 bits per heavy atom. The molecule has 0 saturated heterocycles. The highest BCUT2D eigenvalue weighted by Crippen LogP contribution is 2.26. The molecule has 0 saturated carbocycles. The first-order valence-corrected chi connectivity index (χ1v) is 7.12. The van der Waals surface area contributed by atoms with Crippen LogP contribution >= 0.6 is 12.4 Å². The number of rotatable bonds is 4. The molecule has 21 heavy (non-hydrogen) atoms. The maximum absolute atomic E-state index is 5.77. The van der Waals surface area contributed by atoms with Crippen LogP contribution in [-0.4, -0.2) is 11.1 Å². The van der Waals surface area contributed by atoms with Gasteiger partial charge in [-0.1, -0.05) is 48.5 Å². The molecule has 2 N–H and O–H groups in total. The van der Waals surface area contributed by atoms with E-state index in [1.807, 2.05) is 0 Å². The normalized spacial score (nSPS) is 10.6. The van der Waals surface area contributed by atoms with Gasteiger partial charge in [0.2, 0.25) is 0 Å². The van der Waals surface area contributed by atoms with E-state index in [0.29, 0.717) is 6.54 Å². The Hall–Kier alpha value is -1.77. The van der Waals surface area contributed by atoms with Crippen LogP contribution in [0.1, 0.15) is 16.8 Å². The van der Waals surface area contributed by atoms with Crippen molar-refractivity contribution in [2.24, 2.45) is 5.73 Å². The summed E-state index contributed by atoms with van der Waals surface area (Å²) in [4.78, 5) is 0. The average molecular weight is 301 g/mol. The molecule has 3 aromatic rings. The second-order valence-corrected chi connectivity index (χ2v) is 5.19. The highest BCUT2D eigenvalue weighted by Gasteiger charge is 2.12. The van der Waals surface area contributed by atoms with Crippen LogP contribution in [-0.2, 0) is 13.0 Å². The highest BCUT2D eigenvalue weighted by molar-refractivity contribution is 5.86. The van der Waals surface area contributed by atoms with Crippen molar-refractivity contribution in [1.82, 2.24) is 4.57 Å². The summed E-state index contributed by atoms with van der Waals surface area (Å²) in [7, 11) is 0. The third-order valence-corrected chi connectivity index (χ3v) is 3.94. The van der Waals surface area contributed by atoms with Gasteiger partial charge in [0.1, 0.15) is 0 Å². The van der Waals surface area contributed by atoms with Gasteiger partial charge in [-0.3, -0.25) is 0 Å². The molecule has 0 bridgehead atoms. The maximum Gasteiger partial charge on any atom is 0.0488 e. The molecule has 0 spiro atoms. The van der Waals surface area contributed by atoms with Gasteiger partial charge < -0.3 is 10.3 Å². The summed E-state index contributed by atoms with van der Waals surface area (Å²) < 4.78 is 2.40. The summed E-state index contributed by atoms with van der Waals surface area (Å²) in [6, 6.07) is 19.2. The number of hydrogen-bond acceptors (Lipinski definition) is 1. The molecule has 2 nitrogen and oxygen atoms in total. The van der Waals surface area contributed by atoms with Gasteiger partial charge in [0.25, 0.3) is 0 Å². The van der Waals surface area contributed by atoms with E-state index < -0.39 is 0 Å². The van der Waals surface area contributed by atoms with Crippen molar-refractivity contribution in [2.45, 2.75) is 19.9 Å². The molecular weight excluding hydrogens is 280 g/mol. The van der Waals surface area contributed by atoms with Crippen LogP contribution < -0.4 is 5.73 Å². The number of para-hydroxylation sites is 1. The zero-order valence-electron chi connectivity index (χ0n) is 12.3. The van der Waals surface area contributed by atoms with Gasteiger partial charge in [-0.05, 0) is 37.1 Å². The van der Waals surface area contributed by atoms with E-state index in [0.717, 1.165) is 13.0 Å². The smallest absolute Gasteiger partial charge is 0.0488 e. The molecule has 0 aliphatic rings. The number of halogens is 1. The lowest BCUT2D eigenvalue weighted by Gasteiger charge is -2.09. The van der Waals surface area contributed by atoms with Crippen LogP contribution in [0.25, 0.3) is 10.9 Å². The van der Waals surface area contributed by atoms with Crippen molar-refractivity contribution < 1.29 is 0 Å². The van der Waals surface area contributed by atoms with Crippen LogP contribution in [0.15, 0.2) is 54.6 Å². The molecule has 0 aliphatic carbocycles. The molecule has 110 valence electrons. The first-order valence-electron chi connectivity index (χ1n) is 7.12. The van der Waals surface area contributed by atoms with E-state index in [2.05, 4.69) is 66.1 Å². The minimum Gasteiger partial charge on any atom is -0.340 e. The molecule has 0 atom stereocenters. The zero-order chi connectivity index (χ0) is 13.9. The maximum atomic E-state index is 5.77. The minimum absolute atomic E-state index is 0. The first kappa shape index (κ1) is 15.6. The second-order valence-electron chi connectivity index (χ2n) is 5.19. The van der Waals surface area contributed by atoms with Crippen molar-refractivity contribution in [3.05, 3.63) is 71.4 Å². The number of benzene rings is 2. The van der Waals surface area contributed by atoms with Crippen molar-refractivity contribution in [3.63, 3.8) is 0 Å². The molecule has 0 amide bonds. The molecule has 1 aromatic heterocycles. The van der Waals surface area contributed by atoms with Crippen molar-refractivity contribution in [1.29, 1.82) is 0 Å². The lowest BCUT2D eigenvalue weighted by molar-refractivity contribution is 0.792. The Morgan fingerprint density at radius 1 is 0.952 bits per heavy atom. The van der Waals surface area contributed by atoms with E-state index in [1.165, 1.54) is 27.7 Å². The largest absolute Gasteiger partial charge is 0.340 e. The Labute approximate surface area is 132 Å². The minimum atomic E-state index is 0. The molecule has 2 aromatic carbocycles. The standard InChI is InChI=1S/C18H20N2.ClH/c1-14-16(11-12-19)17-9-5-6-10-18(17)20(14)13-15-7-3-2-4-8-15;/h2-10H,11-13,19H2,1H3;1H. The lowest BCUT2D eigenvalue weighted by atomic mass is 10.1. The topological polar surface area (TPSA) is 30.9 Å².